The zero-order valence-electron chi connectivity index (χ0n) is 15.7. The first-order chi connectivity index (χ1) is 13.4. The quantitative estimate of drug-likeness (QED) is 0.751. The van der Waals surface area contributed by atoms with Crippen molar-refractivity contribution in [2.75, 3.05) is 36.2 Å². The molecule has 2 aromatic rings. The van der Waals surface area contributed by atoms with Crippen molar-refractivity contribution in [2.45, 2.75) is 25.7 Å². The Morgan fingerprint density at radius 2 is 0.889 bits per heavy atom. The standard InChI is InChI=1S/C23H26N4/c1-3-11-20(12-4-1)26-22(24-15-7-8-16-24)19-23(25-17-9-10-18-25)27(26)21-13-5-2-6-14-21/h1-6,11-14H,7-10,15-18H2. The largest absolute Gasteiger partial charge is 0.350 e. The third kappa shape index (κ3) is 2.96. The van der Waals surface area contributed by atoms with Gasteiger partial charge in [-0.3, -0.25) is 0 Å². The Hall–Kier alpha value is -2.84. The zero-order chi connectivity index (χ0) is 18.1. The van der Waals surface area contributed by atoms with Crippen LogP contribution in [0, 0.1) is 0 Å². The van der Waals surface area contributed by atoms with Crippen LogP contribution >= 0.6 is 0 Å². The van der Waals surface area contributed by atoms with Crippen molar-refractivity contribution in [3.63, 3.8) is 0 Å². The second-order valence-corrected chi connectivity index (χ2v) is 7.46. The van der Waals surface area contributed by atoms with Gasteiger partial charge in [0.05, 0.1) is 11.4 Å². The second-order valence-electron chi connectivity index (χ2n) is 7.46. The molecule has 0 spiro atoms. The highest BCUT2D eigenvalue weighted by atomic mass is 15.7. The lowest BCUT2D eigenvalue weighted by Gasteiger charge is -2.39. The molecular weight excluding hydrogens is 332 g/mol. The van der Waals surface area contributed by atoms with Crippen LogP contribution < -0.4 is 10.0 Å². The number of anilines is 2. The van der Waals surface area contributed by atoms with E-state index in [1.54, 1.807) is 0 Å². The molecule has 0 atom stereocenters. The van der Waals surface area contributed by atoms with Crippen LogP contribution in [0.1, 0.15) is 25.7 Å². The molecule has 2 aromatic carbocycles. The number of hydrazine groups is 1. The van der Waals surface area contributed by atoms with Gasteiger partial charge in [0, 0.05) is 26.2 Å². The molecule has 3 heterocycles. The van der Waals surface area contributed by atoms with Crippen molar-refractivity contribution < 1.29 is 0 Å². The van der Waals surface area contributed by atoms with Crippen molar-refractivity contribution in [1.29, 1.82) is 0 Å². The van der Waals surface area contributed by atoms with Crippen molar-refractivity contribution in [3.8, 4) is 0 Å². The van der Waals surface area contributed by atoms with Crippen molar-refractivity contribution in [2.24, 2.45) is 0 Å². The SMILES string of the molecule is C1=C(N2CCCC2)N(c2ccccc2)N(c2ccccc2)C=1N1CCCC1. The van der Waals surface area contributed by atoms with E-state index in [0.29, 0.717) is 0 Å². The number of nitrogens with zero attached hydrogens (tertiary/aromatic N) is 4. The number of likely N-dealkylation sites (tertiary alicyclic amines) is 2. The lowest BCUT2D eigenvalue weighted by atomic mass is 10.3. The predicted octanol–water partition coefficient (Wildman–Crippen LogP) is 4.40. The summed E-state index contributed by atoms with van der Waals surface area (Å²) in [6, 6.07) is 21.4. The molecule has 2 fully saturated rings. The zero-order valence-corrected chi connectivity index (χ0v) is 15.7. The van der Waals surface area contributed by atoms with Gasteiger partial charge in [0.2, 0.25) is 0 Å². The van der Waals surface area contributed by atoms with Crippen LogP contribution in [-0.2, 0) is 0 Å². The molecular formula is C23H26N4. The maximum absolute atomic E-state index is 3.81. The molecule has 0 N–H and O–H groups in total. The molecule has 0 amide bonds. The summed E-state index contributed by atoms with van der Waals surface area (Å²) >= 11 is 0. The number of hydrogen-bond donors (Lipinski definition) is 0. The van der Waals surface area contributed by atoms with Crippen LogP contribution in [0.2, 0.25) is 0 Å². The van der Waals surface area contributed by atoms with Crippen LogP contribution in [0.3, 0.4) is 0 Å². The summed E-state index contributed by atoms with van der Waals surface area (Å²) in [4.78, 5) is 4.98. The van der Waals surface area contributed by atoms with Gasteiger partial charge >= 0.3 is 0 Å². The topological polar surface area (TPSA) is 13.0 Å². The molecule has 3 aliphatic heterocycles. The number of para-hydroxylation sites is 2. The molecule has 0 bridgehead atoms. The van der Waals surface area contributed by atoms with Crippen LogP contribution in [-0.4, -0.2) is 36.0 Å². The molecule has 0 aliphatic carbocycles. The molecule has 2 saturated heterocycles. The fourth-order valence-electron chi connectivity index (χ4n) is 4.29. The minimum atomic E-state index is 1.11. The predicted molar refractivity (Wildman–Crippen MR) is 110 cm³/mol. The Morgan fingerprint density at radius 1 is 0.519 bits per heavy atom. The molecule has 0 saturated carbocycles. The summed E-state index contributed by atoms with van der Waals surface area (Å²) in [5.41, 5.74) is 6.18. The molecule has 0 unspecified atom stereocenters. The summed E-state index contributed by atoms with van der Waals surface area (Å²) in [5, 5.41) is 4.71. The van der Waals surface area contributed by atoms with Gasteiger partial charge in [-0.15, -0.1) is 0 Å². The third-order valence-corrected chi connectivity index (χ3v) is 5.64. The first-order valence-electron chi connectivity index (χ1n) is 10.1. The van der Waals surface area contributed by atoms with Crippen molar-refractivity contribution in [3.05, 3.63) is 78.0 Å². The molecule has 0 radical (unpaired) electrons. The van der Waals surface area contributed by atoms with E-state index >= 15 is 0 Å². The average molecular weight is 358 g/mol. The summed E-state index contributed by atoms with van der Waals surface area (Å²) in [6.45, 7) is 4.45. The highest BCUT2D eigenvalue weighted by Gasteiger charge is 2.36. The van der Waals surface area contributed by atoms with E-state index < -0.39 is 0 Å². The van der Waals surface area contributed by atoms with E-state index in [4.69, 9.17) is 0 Å². The Bertz CT molecular complexity index is 773. The highest BCUT2D eigenvalue weighted by molar-refractivity contribution is 5.68. The second kappa shape index (κ2) is 7.05. The van der Waals surface area contributed by atoms with E-state index in [-0.39, 0.29) is 0 Å². The molecule has 3 aliphatic rings. The van der Waals surface area contributed by atoms with Gasteiger partial charge in [0.25, 0.3) is 0 Å². The van der Waals surface area contributed by atoms with E-state index in [1.807, 2.05) is 0 Å². The summed E-state index contributed by atoms with van der Waals surface area (Å²) in [6.07, 6.45) is 5.05. The fourth-order valence-corrected chi connectivity index (χ4v) is 4.29. The van der Waals surface area contributed by atoms with Gasteiger partial charge in [0.1, 0.15) is 0 Å². The Kier molecular flexibility index (Phi) is 4.27. The van der Waals surface area contributed by atoms with Crippen LogP contribution in [0.15, 0.2) is 78.0 Å². The maximum atomic E-state index is 3.81. The lowest BCUT2D eigenvalue weighted by molar-refractivity contribution is 0.401. The molecule has 27 heavy (non-hydrogen) atoms. The molecule has 5 rings (SSSR count). The first kappa shape index (κ1) is 16.3. The molecule has 138 valence electrons. The van der Waals surface area contributed by atoms with Gasteiger partial charge in [0.15, 0.2) is 11.6 Å². The fraction of sp³-hybridized carbons (Fsp3) is 0.348. The third-order valence-electron chi connectivity index (χ3n) is 5.64. The Labute approximate surface area is 161 Å². The average Bonchev–Trinajstić information content (AvgIpc) is 3.49. The monoisotopic (exact) mass is 358 g/mol. The van der Waals surface area contributed by atoms with E-state index in [1.165, 1.54) is 48.7 Å². The number of rotatable bonds is 4. The van der Waals surface area contributed by atoms with E-state index in [9.17, 15) is 0 Å². The summed E-state index contributed by atoms with van der Waals surface area (Å²) in [5.74, 6) is 2.37. The minimum absolute atomic E-state index is 1.11. The van der Waals surface area contributed by atoms with Gasteiger partial charge < -0.3 is 9.80 Å². The van der Waals surface area contributed by atoms with Gasteiger partial charge in [-0.2, -0.15) is 0 Å². The number of hydrogen-bond acceptors (Lipinski definition) is 4. The van der Waals surface area contributed by atoms with Gasteiger partial charge in [-0.05, 0) is 55.7 Å². The van der Waals surface area contributed by atoms with E-state index in [0.717, 1.165) is 26.2 Å². The minimum Gasteiger partial charge on any atom is -0.350 e. The van der Waals surface area contributed by atoms with Crippen LogP contribution in [0.4, 0.5) is 11.4 Å². The lowest BCUT2D eigenvalue weighted by Crippen LogP contribution is -2.45. The molecule has 0 aromatic heterocycles. The molecule has 4 heteroatoms. The smallest absolute Gasteiger partial charge is 0.177 e. The summed E-state index contributed by atoms with van der Waals surface area (Å²) in [7, 11) is 0. The van der Waals surface area contributed by atoms with Crippen molar-refractivity contribution >= 4 is 11.4 Å². The normalized spacial score (nSPS) is 19.7. The van der Waals surface area contributed by atoms with E-state index in [2.05, 4.69) is 86.2 Å². The van der Waals surface area contributed by atoms with Gasteiger partial charge in [-0.25, -0.2) is 10.0 Å². The Morgan fingerprint density at radius 3 is 1.26 bits per heavy atom. The molecule has 4 nitrogen and oxygen atoms in total. The highest BCUT2D eigenvalue weighted by Crippen LogP contribution is 2.37. The first-order valence-corrected chi connectivity index (χ1v) is 10.1. The van der Waals surface area contributed by atoms with Crippen LogP contribution in [0.5, 0.6) is 0 Å². The maximum Gasteiger partial charge on any atom is 0.177 e. The van der Waals surface area contributed by atoms with Crippen LogP contribution in [0.25, 0.3) is 0 Å². The van der Waals surface area contributed by atoms with Crippen molar-refractivity contribution in [1.82, 2.24) is 9.80 Å². The number of benzene rings is 2. The summed E-state index contributed by atoms with van der Waals surface area (Å²) < 4.78 is 0. The Balaban J connectivity index is 1.64. The van der Waals surface area contributed by atoms with Gasteiger partial charge in [-0.1, -0.05) is 36.4 Å².